The van der Waals surface area contributed by atoms with E-state index in [2.05, 4.69) is 22.8 Å². The van der Waals surface area contributed by atoms with E-state index >= 15 is 0 Å². The van der Waals surface area contributed by atoms with Gasteiger partial charge in [0.05, 0.1) is 10.0 Å². The predicted molar refractivity (Wildman–Crippen MR) is 119 cm³/mol. The Labute approximate surface area is 178 Å². The molecule has 28 heavy (non-hydrogen) atoms. The van der Waals surface area contributed by atoms with Gasteiger partial charge in [-0.05, 0) is 74.4 Å². The second-order valence-electron chi connectivity index (χ2n) is 6.47. The van der Waals surface area contributed by atoms with Crippen LogP contribution in [0.3, 0.4) is 0 Å². The van der Waals surface area contributed by atoms with Gasteiger partial charge >= 0.3 is 0 Å². The van der Waals surface area contributed by atoms with Crippen LogP contribution in [0.25, 0.3) is 11.3 Å². The van der Waals surface area contributed by atoms with Crippen molar-refractivity contribution in [1.29, 1.82) is 0 Å². The molecule has 1 aromatic heterocycles. The summed E-state index contributed by atoms with van der Waals surface area (Å²) in [5, 5.41) is 6.79. The summed E-state index contributed by atoms with van der Waals surface area (Å²) in [6, 6.07) is 12.5. The molecule has 4 nitrogen and oxygen atoms in total. The third kappa shape index (κ3) is 4.55. The lowest BCUT2D eigenvalue weighted by atomic mass is 10.1. The van der Waals surface area contributed by atoms with Gasteiger partial charge in [0.25, 0.3) is 5.91 Å². The molecule has 0 aliphatic heterocycles. The normalized spacial score (nSPS) is 10.6. The summed E-state index contributed by atoms with van der Waals surface area (Å²) in [5.41, 5.74) is 4.87. The molecule has 0 fully saturated rings. The second kappa shape index (κ2) is 8.35. The lowest BCUT2D eigenvalue weighted by molar-refractivity contribution is 0.0951. The van der Waals surface area contributed by atoms with Crippen molar-refractivity contribution in [3.8, 4) is 11.3 Å². The molecule has 0 radical (unpaired) electrons. The Kier molecular flexibility index (Phi) is 6.08. The molecule has 144 valence electrons. The number of hydrogen-bond acceptors (Lipinski definition) is 3. The Morgan fingerprint density at radius 2 is 1.64 bits per heavy atom. The summed E-state index contributed by atoms with van der Waals surface area (Å²) in [7, 11) is 0. The van der Waals surface area contributed by atoms with Crippen LogP contribution in [0.4, 0.5) is 5.69 Å². The molecular weight excluding hydrogens is 415 g/mol. The zero-order valence-electron chi connectivity index (χ0n) is 15.5. The molecule has 0 bridgehead atoms. The van der Waals surface area contributed by atoms with Gasteiger partial charge in [0.15, 0.2) is 10.9 Å². The molecule has 0 unspecified atom stereocenters. The fourth-order valence-electron chi connectivity index (χ4n) is 2.95. The van der Waals surface area contributed by atoms with Crippen molar-refractivity contribution in [3.05, 3.63) is 75.0 Å². The van der Waals surface area contributed by atoms with E-state index in [1.807, 2.05) is 20.8 Å². The maximum atomic E-state index is 12.5. The molecule has 0 aliphatic carbocycles. The van der Waals surface area contributed by atoms with E-state index < -0.39 is 5.91 Å². The number of anilines is 1. The summed E-state index contributed by atoms with van der Waals surface area (Å²) in [6.45, 7) is 6.01. The van der Waals surface area contributed by atoms with Crippen molar-refractivity contribution in [2.24, 2.45) is 0 Å². The zero-order chi connectivity index (χ0) is 20.4. The van der Waals surface area contributed by atoms with Gasteiger partial charge in [0.1, 0.15) is 5.76 Å². The summed E-state index contributed by atoms with van der Waals surface area (Å²) in [5.74, 6) is 0.210. The molecule has 7 heteroatoms. The summed E-state index contributed by atoms with van der Waals surface area (Å²) >= 11 is 17.2. The average molecular weight is 433 g/mol. The smallest absolute Gasteiger partial charge is 0.293 e. The van der Waals surface area contributed by atoms with E-state index in [-0.39, 0.29) is 10.9 Å². The standard InChI is InChI=1S/C21H18Cl2N2O2S/c1-11-8-12(2)19(13(3)9-11)24-21(28)25-20(26)18-7-6-17(27-18)14-4-5-15(22)16(23)10-14/h4-10H,1-3H3,(H2,24,25,26,28). The van der Waals surface area contributed by atoms with Crippen molar-refractivity contribution in [1.82, 2.24) is 5.32 Å². The zero-order valence-corrected chi connectivity index (χ0v) is 17.9. The Morgan fingerprint density at radius 1 is 0.964 bits per heavy atom. The monoisotopic (exact) mass is 432 g/mol. The average Bonchev–Trinajstić information content (AvgIpc) is 3.10. The lowest BCUT2D eigenvalue weighted by Gasteiger charge is -2.14. The quantitative estimate of drug-likeness (QED) is 0.476. The molecule has 0 saturated carbocycles. The van der Waals surface area contributed by atoms with E-state index in [0.29, 0.717) is 15.8 Å². The fraction of sp³-hybridized carbons (Fsp3) is 0.143. The molecule has 1 amide bonds. The maximum Gasteiger partial charge on any atom is 0.293 e. The number of carbonyl (C=O) groups is 1. The fourth-order valence-corrected chi connectivity index (χ4v) is 3.44. The molecule has 3 rings (SSSR count). The van der Waals surface area contributed by atoms with Gasteiger partial charge in [-0.2, -0.15) is 0 Å². The Bertz CT molecular complexity index is 1050. The Hall–Kier alpha value is -2.34. The number of rotatable bonds is 3. The van der Waals surface area contributed by atoms with E-state index in [4.69, 9.17) is 39.8 Å². The second-order valence-corrected chi connectivity index (χ2v) is 7.70. The van der Waals surface area contributed by atoms with Crippen molar-refractivity contribution >= 4 is 52.1 Å². The van der Waals surface area contributed by atoms with E-state index in [9.17, 15) is 4.79 Å². The molecule has 0 saturated heterocycles. The van der Waals surface area contributed by atoms with Crippen LogP contribution in [0.1, 0.15) is 27.2 Å². The molecule has 2 aromatic carbocycles. The van der Waals surface area contributed by atoms with Crippen LogP contribution < -0.4 is 10.6 Å². The van der Waals surface area contributed by atoms with Crippen LogP contribution >= 0.6 is 35.4 Å². The lowest BCUT2D eigenvalue weighted by Crippen LogP contribution is -2.34. The van der Waals surface area contributed by atoms with E-state index in [0.717, 1.165) is 22.4 Å². The van der Waals surface area contributed by atoms with Gasteiger partial charge in [-0.15, -0.1) is 0 Å². The number of aryl methyl sites for hydroxylation is 3. The first-order valence-electron chi connectivity index (χ1n) is 8.50. The Morgan fingerprint density at radius 3 is 2.29 bits per heavy atom. The van der Waals surface area contributed by atoms with Crippen LogP contribution in [0.2, 0.25) is 10.0 Å². The van der Waals surface area contributed by atoms with Crippen molar-refractivity contribution in [2.75, 3.05) is 5.32 Å². The molecule has 0 atom stereocenters. The first-order chi connectivity index (χ1) is 13.2. The minimum atomic E-state index is -0.439. The highest BCUT2D eigenvalue weighted by atomic mass is 35.5. The number of hydrogen-bond donors (Lipinski definition) is 2. The SMILES string of the molecule is Cc1cc(C)c(NC(=S)NC(=O)c2ccc(-c3ccc(Cl)c(Cl)c3)o2)c(C)c1. The highest BCUT2D eigenvalue weighted by molar-refractivity contribution is 7.80. The van der Waals surface area contributed by atoms with Crippen molar-refractivity contribution in [3.63, 3.8) is 0 Å². The first kappa shape index (κ1) is 20.4. The number of furan rings is 1. The number of benzene rings is 2. The molecule has 2 N–H and O–H groups in total. The largest absolute Gasteiger partial charge is 0.451 e. The van der Waals surface area contributed by atoms with Crippen LogP contribution in [-0.2, 0) is 0 Å². The maximum absolute atomic E-state index is 12.5. The molecule has 1 heterocycles. The molecule has 0 spiro atoms. The molecule has 0 aliphatic rings. The molecule has 3 aromatic rings. The van der Waals surface area contributed by atoms with Crippen LogP contribution in [0.15, 0.2) is 46.9 Å². The summed E-state index contributed by atoms with van der Waals surface area (Å²) in [6.07, 6.45) is 0. The number of amides is 1. The minimum Gasteiger partial charge on any atom is -0.451 e. The Balaban J connectivity index is 1.71. The topological polar surface area (TPSA) is 54.3 Å². The highest BCUT2D eigenvalue weighted by Crippen LogP contribution is 2.29. The molecular formula is C21H18Cl2N2O2S. The van der Waals surface area contributed by atoms with E-state index in [1.165, 1.54) is 5.56 Å². The van der Waals surface area contributed by atoms with Gasteiger partial charge in [-0.25, -0.2) is 0 Å². The number of nitrogens with one attached hydrogen (secondary N) is 2. The van der Waals surface area contributed by atoms with Crippen LogP contribution in [0.5, 0.6) is 0 Å². The summed E-state index contributed by atoms with van der Waals surface area (Å²) in [4.78, 5) is 12.5. The highest BCUT2D eigenvalue weighted by Gasteiger charge is 2.15. The third-order valence-electron chi connectivity index (χ3n) is 4.18. The summed E-state index contributed by atoms with van der Waals surface area (Å²) < 4.78 is 5.64. The van der Waals surface area contributed by atoms with Gasteiger partial charge in [-0.1, -0.05) is 40.9 Å². The van der Waals surface area contributed by atoms with Gasteiger partial charge in [0.2, 0.25) is 0 Å². The predicted octanol–water partition coefficient (Wildman–Crippen LogP) is 6.31. The van der Waals surface area contributed by atoms with Crippen LogP contribution in [0, 0.1) is 20.8 Å². The van der Waals surface area contributed by atoms with Gasteiger partial charge < -0.3 is 9.73 Å². The minimum absolute atomic E-state index is 0.141. The first-order valence-corrected chi connectivity index (χ1v) is 9.66. The number of halogens is 2. The van der Waals surface area contributed by atoms with Crippen molar-refractivity contribution < 1.29 is 9.21 Å². The van der Waals surface area contributed by atoms with Crippen molar-refractivity contribution in [2.45, 2.75) is 20.8 Å². The number of carbonyl (C=O) groups excluding carboxylic acids is 1. The van der Waals surface area contributed by atoms with Gasteiger partial charge in [0, 0.05) is 11.3 Å². The van der Waals surface area contributed by atoms with Crippen LogP contribution in [-0.4, -0.2) is 11.0 Å². The van der Waals surface area contributed by atoms with E-state index in [1.54, 1.807) is 30.3 Å². The van der Waals surface area contributed by atoms with Gasteiger partial charge in [-0.3, -0.25) is 10.1 Å². The number of thiocarbonyl (C=S) groups is 1. The third-order valence-corrected chi connectivity index (χ3v) is 5.12.